The lowest BCUT2D eigenvalue weighted by atomic mass is 10.1. The molecule has 3 heterocycles. The molecule has 1 fully saturated rings. The minimum Gasteiger partial charge on any atom is -0.384 e. The van der Waals surface area contributed by atoms with E-state index >= 15 is 0 Å². The van der Waals surface area contributed by atoms with Gasteiger partial charge >= 0.3 is 0 Å². The number of hydrogen-bond donors (Lipinski definition) is 1. The topological polar surface area (TPSA) is 77.2 Å². The first kappa shape index (κ1) is 14.8. The van der Waals surface area contributed by atoms with Gasteiger partial charge in [-0.3, -0.25) is 4.98 Å². The highest BCUT2D eigenvalue weighted by molar-refractivity contribution is 5.83. The third-order valence-electron chi connectivity index (χ3n) is 4.00. The Morgan fingerprint density at radius 2 is 1.96 bits per heavy atom. The Bertz CT molecular complexity index is 895. The first-order valence-electron chi connectivity index (χ1n) is 7.72. The van der Waals surface area contributed by atoms with Crippen molar-refractivity contribution in [2.45, 2.75) is 0 Å². The number of fused-ring (bicyclic) bond motifs is 1. The van der Waals surface area contributed by atoms with Gasteiger partial charge in [0.1, 0.15) is 11.6 Å². The molecule has 1 aromatic carbocycles. The van der Waals surface area contributed by atoms with Crippen molar-refractivity contribution in [2.24, 2.45) is 0 Å². The Morgan fingerprint density at radius 3 is 2.79 bits per heavy atom. The van der Waals surface area contributed by atoms with Crippen LogP contribution in [0.5, 0.6) is 0 Å². The van der Waals surface area contributed by atoms with Crippen molar-refractivity contribution >= 4 is 22.7 Å². The lowest BCUT2D eigenvalue weighted by Crippen LogP contribution is -2.37. The van der Waals surface area contributed by atoms with Crippen LogP contribution in [0.3, 0.4) is 0 Å². The number of morpholine rings is 1. The van der Waals surface area contributed by atoms with Crippen LogP contribution in [0.4, 0.5) is 16.2 Å². The maximum atomic E-state index is 14.0. The Hall–Kier alpha value is -2.80. The van der Waals surface area contributed by atoms with Crippen LogP contribution in [0.2, 0.25) is 0 Å². The summed E-state index contributed by atoms with van der Waals surface area (Å²) in [5, 5.41) is 0.458. The van der Waals surface area contributed by atoms with Crippen LogP contribution in [-0.2, 0) is 4.74 Å². The van der Waals surface area contributed by atoms with E-state index in [-0.39, 0.29) is 5.82 Å². The molecule has 24 heavy (non-hydrogen) atoms. The molecule has 1 aliphatic heterocycles. The smallest absolute Gasteiger partial charge is 0.228 e. The molecule has 0 radical (unpaired) electrons. The zero-order chi connectivity index (χ0) is 16.5. The number of anilines is 2. The molecule has 2 aromatic heterocycles. The van der Waals surface area contributed by atoms with Crippen LogP contribution in [0.1, 0.15) is 0 Å². The van der Waals surface area contributed by atoms with Gasteiger partial charge in [0.15, 0.2) is 0 Å². The molecule has 7 heteroatoms. The fraction of sp³-hybridized carbons (Fsp3) is 0.235. The van der Waals surface area contributed by atoms with E-state index in [0.29, 0.717) is 60.2 Å². The molecule has 1 aliphatic rings. The molecule has 1 saturated heterocycles. The predicted molar refractivity (Wildman–Crippen MR) is 90.2 cm³/mol. The molecule has 0 bridgehead atoms. The van der Waals surface area contributed by atoms with Crippen LogP contribution >= 0.6 is 0 Å². The summed E-state index contributed by atoms with van der Waals surface area (Å²) in [7, 11) is 0. The second-order valence-electron chi connectivity index (χ2n) is 5.61. The van der Waals surface area contributed by atoms with E-state index in [1.807, 2.05) is 4.90 Å². The molecule has 6 nitrogen and oxygen atoms in total. The first-order valence-corrected chi connectivity index (χ1v) is 7.72. The summed E-state index contributed by atoms with van der Waals surface area (Å²) in [5.41, 5.74) is 7.88. The van der Waals surface area contributed by atoms with Crippen molar-refractivity contribution < 1.29 is 9.13 Å². The number of rotatable bonds is 2. The maximum absolute atomic E-state index is 14.0. The molecule has 2 N–H and O–H groups in total. The SMILES string of the molecule is Nc1cc(-c2cnc3cccc(F)c3c2)nc(N2CCOCC2)n1. The molecule has 0 unspecified atom stereocenters. The summed E-state index contributed by atoms with van der Waals surface area (Å²) >= 11 is 0. The second kappa shape index (κ2) is 6.01. The molecule has 3 aromatic rings. The highest BCUT2D eigenvalue weighted by atomic mass is 19.1. The maximum Gasteiger partial charge on any atom is 0.228 e. The van der Waals surface area contributed by atoms with Gasteiger partial charge in [-0.2, -0.15) is 4.98 Å². The van der Waals surface area contributed by atoms with E-state index < -0.39 is 0 Å². The summed E-state index contributed by atoms with van der Waals surface area (Å²) in [6.07, 6.45) is 1.67. The summed E-state index contributed by atoms with van der Waals surface area (Å²) in [6, 6.07) is 8.25. The molecule has 4 rings (SSSR count). The Morgan fingerprint density at radius 1 is 1.12 bits per heavy atom. The van der Waals surface area contributed by atoms with Crippen LogP contribution in [0.15, 0.2) is 36.5 Å². The molecule has 0 amide bonds. The van der Waals surface area contributed by atoms with Crippen LogP contribution in [0, 0.1) is 5.82 Å². The number of pyridine rings is 1. The van der Waals surface area contributed by atoms with Gasteiger partial charge < -0.3 is 15.4 Å². The van der Waals surface area contributed by atoms with Crippen molar-refractivity contribution in [3.63, 3.8) is 0 Å². The molecule has 122 valence electrons. The minimum atomic E-state index is -0.308. The van der Waals surface area contributed by atoms with Gasteiger partial charge in [-0.25, -0.2) is 9.37 Å². The van der Waals surface area contributed by atoms with E-state index in [9.17, 15) is 4.39 Å². The zero-order valence-electron chi connectivity index (χ0n) is 12.9. The normalized spacial score (nSPS) is 15.0. The van der Waals surface area contributed by atoms with Crippen LogP contribution in [0.25, 0.3) is 22.2 Å². The average Bonchev–Trinajstić information content (AvgIpc) is 2.62. The molecule has 0 atom stereocenters. The van der Waals surface area contributed by atoms with E-state index in [1.54, 1.807) is 30.5 Å². The summed E-state index contributed by atoms with van der Waals surface area (Å²) in [6.45, 7) is 2.70. The fourth-order valence-corrected chi connectivity index (χ4v) is 2.76. The Labute approximate surface area is 138 Å². The van der Waals surface area contributed by atoms with Gasteiger partial charge in [0, 0.05) is 36.3 Å². The van der Waals surface area contributed by atoms with E-state index in [0.717, 1.165) is 0 Å². The zero-order valence-corrected chi connectivity index (χ0v) is 12.9. The Balaban J connectivity index is 1.78. The van der Waals surface area contributed by atoms with Gasteiger partial charge in [-0.05, 0) is 18.2 Å². The van der Waals surface area contributed by atoms with Crippen molar-refractivity contribution in [1.29, 1.82) is 0 Å². The second-order valence-corrected chi connectivity index (χ2v) is 5.61. The molecular formula is C17H16FN5O. The van der Waals surface area contributed by atoms with Gasteiger partial charge in [0.2, 0.25) is 5.95 Å². The summed E-state index contributed by atoms with van der Waals surface area (Å²) in [5.74, 6) is 0.620. The van der Waals surface area contributed by atoms with Crippen molar-refractivity contribution in [3.05, 3.63) is 42.3 Å². The Kier molecular flexibility index (Phi) is 3.70. The standard InChI is InChI=1S/C17H16FN5O/c18-13-2-1-3-14-12(13)8-11(10-20-14)15-9-16(19)22-17(21-15)23-4-6-24-7-5-23/h1-3,8-10H,4-7H2,(H2,19,21,22). The van der Waals surface area contributed by atoms with Crippen LogP contribution < -0.4 is 10.6 Å². The number of benzene rings is 1. The monoisotopic (exact) mass is 325 g/mol. The summed E-state index contributed by atoms with van der Waals surface area (Å²) < 4.78 is 19.4. The first-order chi connectivity index (χ1) is 11.7. The van der Waals surface area contributed by atoms with Crippen molar-refractivity contribution in [3.8, 4) is 11.3 Å². The van der Waals surface area contributed by atoms with Crippen LogP contribution in [-0.4, -0.2) is 41.3 Å². The van der Waals surface area contributed by atoms with Gasteiger partial charge in [0.05, 0.1) is 24.4 Å². The highest BCUT2D eigenvalue weighted by Gasteiger charge is 2.16. The fourth-order valence-electron chi connectivity index (χ4n) is 2.76. The average molecular weight is 325 g/mol. The third kappa shape index (κ3) is 2.74. The number of nitrogens with zero attached hydrogens (tertiary/aromatic N) is 4. The molecule has 0 saturated carbocycles. The lowest BCUT2D eigenvalue weighted by molar-refractivity contribution is 0.122. The summed E-state index contributed by atoms with van der Waals surface area (Å²) in [4.78, 5) is 15.2. The minimum absolute atomic E-state index is 0.308. The number of nitrogen functional groups attached to an aromatic ring is 1. The number of aromatic nitrogens is 3. The molecule has 0 spiro atoms. The van der Waals surface area contributed by atoms with E-state index in [4.69, 9.17) is 10.5 Å². The van der Waals surface area contributed by atoms with E-state index in [1.165, 1.54) is 6.07 Å². The van der Waals surface area contributed by atoms with Gasteiger partial charge in [-0.1, -0.05) is 6.07 Å². The van der Waals surface area contributed by atoms with Crippen molar-refractivity contribution in [2.75, 3.05) is 36.9 Å². The lowest BCUT2D eigenvalue weighted by Gasteiger charge is -2.27. The highest BCUT2D eigenvalue weighted by Crippen LogP contribution is 2.25. The number of ether oxygens (including phenoxy) is 1. The predicted octanol–water partition coefficient (Wildman–Crippen LogP) is 2.25. The largest absolute Gasteiger partial charge is 0.384 e. The van der Waals surface area contributed by atoms with Gasteiger partial charge in [-0.15, -0.1) is 0 Å². The molecular weight excluding hydrogens is 309 g/mol. The van der Waals surface area contributed by atoms with E-state index in [2.05, 4.69) is 15.0 Å². The number of hydrogen-bond acceptors (Lipinski definition) is 6. The molecule has 0 aliphatic carbocycles. The quantitative estimate of drug-likeness (QED) is 0.779. The van der Waals surface area contributed by atoms with Gasteiger partial charge in [0.25, 0.3) is 0 Å². The number of halogens is 1. The number of nitrogens with two attached hydrogens (primary N) is 1. The third-order valence-corrected chi connectivity index (χ3v) is 4.00. The van der Waals surface area contributed by atoms with Crippen molar-refractivity contribution in [1.82, 2.24) is 15.0 Å².